The summed E-state index contributed by atoms with van der Waals surface area (Å²) in [6, 6.07) is 4.44. The molecule has 10 nitrogen and oxygen atoms in total. The van der Waals surface area contributed by atoms with E-state index >= 15 is 0 Å². The number of hydrogen-bond donors (Lipinski definition) is 3. The molecule has 2 aromatic rings. The molecular weight excluding hydrogens is 567 g/mol. The fourth-order valence-electron chi connectivity index (χ4n) is 6.54. The highest BCUT2D eigenvalue weighted by molar-refractivity contribution is 7.91. The van der Waals surface area contributed by atoms with Crippen LogP contribution < -0.4 is 10.0 Å². The fourth-order valence-corrected chi connectivity index (χ4v) is 9.56. The van der Waals surface area contributed by atoms with Gasteiger partial charge < -0.3 is 15.3 Å². The predicted octanol–water partition coefficient (Wildman–Crippen LogP) is 3.03. The third kappa shape index (κ3) is 4.46. The van der Waals surface area contributed by atoms with E-state index in [1.807, 2.05) is 0 Å². The predicted molar refractivity (Wildman–Crippen MR) is 144 cm³/mol. The summed E-state index contributed by atoms with van der Waals surface area (Å²) in [6.45, 7) is 1.60. The molecule has 2 bridgehead atoms. The van der Waals surface area contributed by atoms with Crippen LogP contribution in [0.1, 0.15) is 36.0 Å². The van der Waals surface area contributed by atoms with Gasteiger partial charge in [-0.1, -0.05) is 12.1 Å². The third-order valence-corrected chi connectivity index (χ3v) is 11.3. The second-order valence-electron chi connectivity index (χ2n) is 10.7. The van der Waals surface area contributed by atoms with Crippen LogP contribution in [-0.2, 0) is 37.9 Å². The molecular formula is C25H27FN4O6S3. The Morgan fingerprint density at radius 1 is 1.28 bits per heavy atom. The molecule has 2 aliphatic carbocycles. The highest BCUT2D eigenvalue weighted by Crippen LogP contribution is 2.55. The molecule has 14 heteroatoms. The molecule has 1 aromatic heterocycles. The van der Waals surface area contributed by atoms with Gasteiger partial charge in [0.2, 0.25) is 10.0 Å². The number of aryl methyl sites for hydroxylation is 1. The normalized spacial score (nSPS) is 27.3. The largest absolute Gasteiger partial charge is 0.511 e. The summed E-state index contributed by atoms with van der Waals surface area (Å²) in [7, 11) is -7.88. The molecule has 4 aliphatic rings. The van der Waals surface area contributed by atoms with Crippen LogP contribution >= 0.6 is 11.3 Å². The lowest BCUT2D eigenvalue weighted by Crippen LogP contribution is -2.53. The van der Waals surface area contributed by atoms with E-state index in [1.54, 1.807) is 24.0 Å². The number of rotatable bonds is 6. The van der Waals surface area contributed by atoms with Gasteiger partial charge in [-0.3, -0.25) is 4.79 Å². The molecule has 0 radical (unpaired) electrons. The van der Waals surface area contributed by atoms with Crippen molar-refractivity contribution in [3.63, 3.8) is 0 Å². The molecule has 3 heterocycles. The first-order chi connectivity index (χ1) is 18.3. The molecule has 2 unspecified atom stereocenters. The van der Waals surface area contributed by atoms with Gasteiger partial charge in [0.05, 0.1) is 6.26 Å². The average Bonchev–Trinajstić information content (AvgIpc) is 3.57. The van der Waals surface area contributed by atoms with Crippen molar-refractivity contribution in [1.29, 1.82) is 0 Å². The molecule has 4 atom stereocenters. The van der Waals surface area contributed by atoms with E-state index in [2.05, 4.69) is 14.4 Å². The Balaban J connectivity index is 1.39. The summed E-state index contributed by atoms with van der Waals surface area (Å²) in [6.07, 6.45) is 3.69. The smallest absolute Gasteiger partial charge is 0.287 e. The average molecular weight is 595 g/mol. The first-order valence-corrected chi connectivity index (χ1v) is 16.7. The van der Waals surface area contributed by atoms with Crippen LogP contribution in [0, 0.1) is 30.5 Å². The monoisotopic (exact) mass is 594 g/mol. The number of aliphatic hydroxyl groups excluding tert-OH is 1. The van der Waals surface area contributed by atoms with Crippen molar-refractivity contribution in [1.82, 2.24) is 9.62 Å². The zero-order chi connectivity index (χ0) is 27.9. The van der Waals surface area contributed by atoms with Crippen molar-refractivity contribution < 1.29 is 31.1 Å². The topological polar surface area (TPSA) is 145 Å². The molecule has 1 amide bonds. The molecule has 1 aromatic carbocycles. The maximum Gasteiger partial charge on any atom is 0.287 e. The van der Waals surface area contributed by atoms with E-state index in [9.17, 15) is 31.1 Å². The van der Waals surface area contributed by atoms with Crippen LogP contribution in [0.2, 0.25) is 0 Å². The molecule has 2 aliphatic heterocycles. The molecule has 3 N–H and O–H groups in total. The molecule has 208 valence electrons. The van der Waals surface area contributed by atoms with E-state index in [4.69, 9.17) is 0 Å². The fraction of sp³-hybridized carbons (Fsp3) is 0.440. The van der Waals surface area contributed by atoms with Gasteiger partial charge in [0.25, 0.3) is 15.9 Å². The second-order valence-corrected chi connectivity index (χ2v) is 14.9. The number of aliphatic hydroxyl groups is 1. The zero-order valence-corrected chi connectivity index (χ0v) is 23.6. The summed E-state index contributed by atoms with van der Waals surface area (Å²) in [4.78, 5) is 15.5. The summed E-state index contributed by atoms with van der Waals surface area (Å²) in [5.41, 5.74) is 1.24. The molecule has 0 saturated heterocycles. The third-order valence-electron chi connectivity index (χ3n) is 8.13. The summed E-state index contributed by atoms with van der Waals surface area (Å²) in [5.74, 6) is -1.25. The quantitative estimate of drug-likeness (QED) is 0.466. The van der Waals surface area contributed by atoms with Gasteiger partial charge in [-0.15, -0.1) is 15.7 Å². The Kier molecular flexibility index (Phi) is 6.17. The number of carbonyl (C=O) groups is 1. The minimum absolute atomic E-state index is 0.149. The number of anilines is 1. The Labute approximate surface area is 229 Å². The lowest BCUT2D eigenvalue weighted by atomic mass is 9.77. The summed E-state index contributed by atoms with van der Waals surface area (Å²) in [5, 5.41) is 16.1. The SMILES string of the molecule is Cc1cc(CN2C(=O)C(C3=NS(=O)(=O)c4c(CNS(C)(=O)=O)csc4N3)=C(O)C3C2[C@H]2CC[C@@H]3C2)ccc1F. The number of nitrogens with zero attached hydrogens (tertiary/aromatic N) is 2. The summed E-state index contributed by atoms with van der Waals surface area (Å²) >= 11 is 1.04. The van der Waals surface area contributed by atoms with Crippen LogP contribution in [-0.4, -0.2) is 50.9 Å². The second kappa shape index (κ2) is 9.11. The number of benzene rings is 1. The van der Waals surface area contributed by atoms with Crippen LogP contribution in [0.15, 0.2) is 44.2 Å². The molecule has 6 rings (SSSR count). The van der Waals surface area contributed by atoms with E-state index < -0.39 is 26.0 Å². The van der Waals surface area contributed by atoms with E-state index in [0.717, 1.165) is 42.4 Å². The zero-order valence-electron chi connectivity index (χ0n) is 21.1. The standard InChI is InChI=1S/C25H27FN4O6S3/c1-12-7-13(3-6-17(12)26)10-30-20-15-5-4-14(8-15)18(20)21(31)19(25(30)32)23-28-24-22(39(35,36)29-23)16(11-37-24)9-27-38(2,33)34/h3,6-7,11,14-15,18,20,27,31H,4-5,8-10H2,1-2H3,(H,28,29)/t14-,15+,18?,20?/m1/s1. The van der Waals surface area contributed by atoms with Crippen molar-refractivity contribution in [2.75, 3.05) is 11.6 Å². The molecule has 39 heavy (non-hydrogen) atoms. The van der Waals surface area contributed by atoms with E-state index in [1.165, 1.54) is 11.4 Å². The van der Waals surface area contributed by atoms with Gasteiger partial charge in [0.15, 0.2) is 5.84 Å². The summed E-state index contributed by atoms with van der Waals surface area (Å²) < 4.78 is 69.7. The number of thiophene rings is 1. The molecule has 2 fully saturated rings. The van der Waals surface area contributed by atoms with Crippen molar-refractivity contribution in [3.05, 3.63) is 57.4 Å². The molecule has 2 saturated carbocycles. The number of amides is 1. The highest BCUT2D eigenvalue weighted by atomic mass is 32.2. The minimum atomic E-state index is -4.32. The van der Waals surface area contributed by atoms with Gasteiger partial charge in [-0.25, -0.2) is 17.5 Å². The minimum Gasteiger partial charge on any atom is -0.511 e. The maximum atomic E-state index is 14.0. The number of carbonyl (C=O) groups excluding carboxylic acids is 1. The Morgan fingerprint density at radius 2 is 2.03 bits per heavy atom. The number of sulfonamides is 2. The van der Waals surface area contributed by atoms with Crippen molar-refractivity contribution in [3.8, 4) is 0 Å². The Bertz CT molecular complexity index is 1680. The van der Waals surface area contributed by atoms with Crippen molar-refractivity contribution in [2.24, 2.45) is 22.2 Å². The van der Waals surface area contributed by atoms with Gasteiger partial charge in [-0.05, 0) is 60.6 Å². The number of amidine groups is 1. The number of halogens is 1. The Hall–Kier alpha value is -2.81. The first-order valence-electron chi connectivity index (χ1n) is 12.5. The van der Waals surface area contributed by atoms with Gasteiger partial charge >= 0.3 is 0 Å². The first kappa shape index (κ1) is 26.4. The van der Waals surface area contributed by atoms with Crippen LogP contribution in [0.3, 0.4) is 0 Å². The van der Waals surface area contributed by atoms with Crippen LogP contribution in [0.25, 0.3) is 0 Å². The van der Waals surface area contributed by atoms with Gasteiger partial charge in [0.1, 0.15) is 27.0 Å². The number of nitrogens with one attached hydrogen (secondary N) is 2. The highest BCUT2D eigenvalue weighted by Gasteiger charge is 2.57. The van der Waals surface area contributed by atoms with Crippen molar-refractivity contribution >= 4 is 48.1 Å². The number of fused-ring (bicyclic) bond motifs is 6. The van der Waals surface area contributed by atoms with E-state index in [0.29, 0.717) is 5.56 Å². The maximum absolute atomic E-state index is 14.0. The van der Waals surface area contributed by atoms with Crippen molar-refractivity contribution in [2.45, 2.75) is 50.2 Å². The lowest BCUT2D eigenvalue weighted by molar-refractivity contribution is -0.134. The lowest BCUT2D eigenvalue weighted by Gasteiger charge is -2.44. The van der Waals surface area contributed by atoms with Gasteiger partial charge in [-0.2, -0.15) is 8.42 Å². The molecule has 0 spiro atoms. The van der Waals surface area contributed by atoms with Gasteiger partial charge in [0, 0.05) is 30.6 Å². The van der Waals surface area contributed by atoms with Crippen LogP contribution in [0.4, 0.5) is 9.39 Å². The number of hydrogen-bond acceptors (Lipinski definition) is 8. The van der Waals surface area contributed by atoms with E-state index in [-0.39, 0.29) is 75.3 Å². The van der Waals surface area contributed by atoms with Crippen LogP contribution in [0.5, 0.6) is 0 Å². The Morgan fingerprint density at radius 3 is 2.74 bits per heavy atom.